The molecule has 26 heavy (non-hydrogen) atoms. The van der Waals surface area contributed by atoms with Gasteiger partial charge in [-0.05, 0) is 48.5 Å². The molecular formula is C17H13BrN2O5S. The Kier molecular flexibility index (Phi) is 5.19. The maximum Gasteiger partial charge on any atom is 0.338 e. The van der Waals surface area contributed by atoms with E-state index in [-0.39, 0.29) is 23.0 Å². The summed E-state index contributed by atoms with van der Waals surface area (Å²) in [7, 11) is -3.32. The Morgan fingerprint density at radius 1 is 1.08 bits per heavy atom. The van der Waals surface area contributed by atoms with Gasteiger partial charge in [-0.2, -0.15) is 0 Å². The first-order valence-corrected chi connectivity index (χ1v) is 10.1. The van der Waals surface area contributed by atoms with Gasteiger partial charge in [-0.1, -0.05) is 15.9 Å². The zero-order valence-electron chi connectivity index (χ0n) is 13.5. The number of aromatic nitrogens is 2. The molecule has 0 fully saturated rings. The summed E-state index contributed by atoms with van der Waals surface area (Å²) in [5, 5.41) is 7.76. The monoisotopic (exact) mass is 436 g/mol. The highest BCUT2D eigenvalue weighted by atomic mass is 79.9. The number of nitrogens with zero attached hydrogens (tertiary/aromatic N) is 2. The van der Waals surface area contributed by atoms with E-state index in [1.54, 1.807) is 0 Å². The molecule has 0 N–H and O–H groups in total. The molecule has 0 aliphatic carbocycles. The molecule has 0 aliphatic heterocycles. The molecule has 0 aliphatic rings. The molecule has 3 rings (SSSR count). The van der Waals surface area contributed by atoms with Gasteiger partial charge in [0, 0.05) is 16.3 Å². The van der Waals surface area contributed by atoms with E-state index in [2.05, 4.69) is 26.1 Å². The fraction of sp³-hybridized carbons (Fsp3) is 0.118. The van der Waals surface area contributed by atoms with Crippen LogP contribution in [0.15, 0.2) is 62.3 Å². The second kappa shape index (κ2) is 7.38. The number of sulfone groups is 1. The molecule has 1 heterocycles. The number of rotatable bonds is 5. The summed E-state index contributed by atoms with van der Waals surface area (Å²) in [5.41, 5.74) is 0.972. The molecule has 3 aromatic rings. The maximum atomic E-state index is 12.0. The van der Waals surface area contributed by atoms with Gasteiger partial charge < -0.3 is 9.15 Å². The van der Waals surface area contributed by atoms with Gasteiger partial charge in [0.05, 0.1) is 10.5 Å². The average molecular weight is 437 g/mol. The summed E-state index contributed by atoms with van der Waals surface area (Å²) in [4.78, 5) is 12.2. The van der Waals surface area contributed by atoms with Crippen LogP contribution in [0.3, 0.4) is 0 Å². The summed E-state index contributed by atoms with van der Waals surface area (Å²) in [6.45, 7) is -0.184. The van der Waals surface area contributed by atoms with Crippen LogP contribution in [0.5, 0.6) is 0 Å². The fourth-order valence-electron chi connectivity index (χ4n) is 2.07. The lowest BCUT2D eigenvalue weighted by atomic mass is 10.2. The van der Waals surface area contributed by atoms with Gasteiger partial charge in [0.15, 0.2) is 16.4 Å². The van der Waals surface area contributed by atoms with Crippen LogP contribution in [0.25, 0.3) is 11.5 Å². The quantitative estimate of drug-likeness (QED) is 0.565. The Hall–Kier alpha value is -2.52. The van der Waals surface area contributed by atoms with Gasteiger partial charge in [-0.15, -0.1) is 10.2 Å². The number of hydrogen-bond acceptors (Lipinski definition) is 7. The van der Waals surface area contributed by atoms with E-state index in [1.807, 2.05) is 24.3 Å². The van der Waals surface area contributed by atoms with Gasteiger partial charge in [-0.25, -0.2) is 13.2 Å². The number of ether oxygens (including phenoxy) is 1. The van der Waals surface area contributed by atoms with Gasteiger partial charge >= 0.3 is 5.97 Å². The van der Waals surface area contributed by atoms with Crippen LogP contribution in [-0.2, 0) is 21.2 Å². The first-order valence-electron chi connectivity index (χ1n) is 7.38. The minimum Gasteiger partial charge on any atom is -0.452 e. The van der Waals surface area contributed by atoms with Crippen LogP contribution >= 0.6 is 15.9 Å². The molecule has 2 aromatic carbocycles. The highest BCUT2D eigenvalue weighted by Gasteiger charge is 2.14. The van der Waals surface area contributed by atoms with E-state index in [0.717, 1.165) is 16.3 Å². The van der Waals surface area contributed by atoms with E-state index >= 15 is 0 Å². The second-order valence-electron chi connectivity index (χ2n) is 5.38. The number of esters is 1. The molecule has 0 saturated heterocycles. The smallest absolute Gasteiger partial charge is 0.338 e. The van der Waals surface area contributed by atoms with Crippen LogP contribution in [0.2, 0.25) is 0 Å². The van der Waals surface area contributed by atoms with Crippen molar-refractivity contribution in [2.75, 3.05) is 6.26 Å². The van der Waals surface area contributed by atoms with Crippen LogP contribution in [0.1, 0.15) is 16.2 Å². The zero-order valence-corrected chi connectivity index (χ0v) is 16.0. The van der Waals surface area contributed by atoms with Gasteiger partial charge in [0.2, 0.25) is 5.89 Å². The van der Waals surface area contributed by atoms with E-state index in [4.69, 9.17) is 9.15 Å². The van der Waals surface area contributed by atoms with E-state index in [1.165, 1.54) is 24.3 Å². The number of hydrogen-bond donors (Lipinski definition) is 0. The van der Waals surface area contributed by atoms with Crippen molar-refractivity contribution in [2.24, 2.45) is 0 Å². The van der Waals surface area contributed by atoms with Crippen molar-refractivity contribution in [3.8, 4) is 11.5 Å². The molecule has 0 unspecified atom stereocenters. The van der Waals surface area contributed by atoms with E-state index in [9.17, 15) is 13.2 Å². The Morgan fingerprint density at radius 3 is 2.35 bits per heavy atom. The molecule has 0 atom stereocenters. The minimum atomic E-state index is -3.32. The molecule has 1 aromatic heterocycles. The number of benzene rings is 2. The Labute approximate surface area is 158 Å². The van der Waals surface area contributed by atoms with Gasteiger partial charge in [-0.3, -0.25) is 0 Å². The molecule has 0 amide bonds. The SMILES string of the molecule is CS(=O)(=O)c1ccc(C(=O)OCc2nnc(-c3ccc(Br)cc3)o2)cc1. The predicted octanol–water partition coefficient (Wildman–Crippen LogP) is 3.26. The molecule has 0 spiro atoms. The van der Waals surface area contributed by atoms with E-state index in [0.29, 0.717) is 5.89 Å². The molecule has 134 valence electrons. The lowest BCUT2D eigenvalue weighted by molar-refractivity contribution is 0.0438. The first kappa shape index (κ1) is 18.3. The largest absolute Gasteiger partial charge is 0.452 e. The maximum absolute atomic E-state index is 12.0. The topological polar surface area (TPSA) is 99.4 Å². The summed E-state index contributed by atoms with van der Waals surface area (Å²) in [6, 6.07) is 12.8. The third-order valence-electron chi connectivity index (χ3n) is 3.40. The van der Waals surface area contributed by atoms with Crippen LogP contribution in [0, 0.1) is 0 Å². The third kappa shape index (κ3) is 4.36. The zero-order chi connectivity index (χ0) is 18.7. The molecule has 0 radical (unpaired) electrons. The van der Waals surface area contributed by atoms with Crippen molar-refractivity contribution in [3.05, 3.63) is 64.5 Å². The molecular weight excluding hydrogens is 424 g/mol. The van der Waals surface area contributed by atoms with Crippen LogP contribution in [-0.4, -0.2) is 30.8 Å². The Bertz CT molecular complexity index is 1030. The summed E-state index contributed by atoms with van der Waals surface area (Å²) >= 11 is 3.34. The molecule has 0 bridgehead atoms. The summed E-state index contributed by atoms with van der Waals surface area (Å²) in [6.07, 6.45) is 1.10. The molecule has 7 nitrogen and oxygen atoms in total. The predicted molar refractivity (Wildman–Crippen MR) is 96.1 cm³/mol. The van der Waals surface area contributed by atoms with Crippen molar-refractivity contribution in [2.45, 2.75) is 11.5 Å². The standard InChI is InChI=1S/C17H13BrN2O5S/c1-26(22,23)14-8-4-12(5-9-14)17(21)24-10-15-19-20-16(25-15)11-2-6-13(18)7-3-11/h2-9H,10H2,1H3. The number of carbonyl (C=O) groups excluding carboxylic acids is 1. The Morgan fingerprint density at radius 2 is 1.73 bits per heavy atom. The second-order valence-corrected chi connectivity index (χ2v) is 8.31. The van der Waals surface area contributed by atoms with Crippen molar-refractivity contribution >= 4 is 31.7 Å². The lowest BCUT2D eigenvalue weighted by Crippen LogP contribution is -2.06. The molecule has 0 saturated carbocycles. The summed E-state index contributed by atoms with van der Waals surface area (Å²) in [5.74, 6) is -0.140. The number of halogens is 1. The van der Waals surface area contributed by atoms with E-state index < -0.39 is 15.8 Å². The van der Waals surface area contributed by atoms with Crippen molar-refractivity contribution in [1.82, 2.24) is 10.2 Å². The average Bonchev–Trinajstić information content (AvgIpc) is 3.08. The third-order valence-corrected chi connectivity index (χ3v) is 5.06. The van der Waals surface area contributed by atoms with Crippen molar-refractivity contribution in [1.29, 1.82) is 0 Å². The van der Waals surface area contributed by atoms with Crippen LogP contribution in [0.4, 0.5) is 0 Å². The summed E-state index contributed by atoms with van der Waals surface area (Å²) < 4.78 is 34.3. The van der Waals surface area contributed by atoms with Crippen molar-refractivity contribution < 1.29 is 22.4 Å². The highest BCUT2D eigenvalue weighted by molar-refractivity contribution is 9.10. The lowest BCUT2D eigenvalue weighted by Gasteiger charge is -2.03. The Balaban J connectivity index is 1.64. The van der Waals surface area contributed by atoms with Gasteiger partial charge in [0.25, 0.3) is 5.89 Å². The van der Waals surface area contributed by atoms with Crippen molar-refractivity contribution in [3.63, 3.8) is 0 Å². The normalized spacial score (nSPS) is 11.3. The molecule has 9 heteroatoms. The number of carbonyl (C=O) groups is 1. The highest BCUT2D eigenvalue weighted by Crippen LogP contribution is 2.21. The van der Waals surface area contributed by atoms with Crippen LogP contribution < -0.4 is 0 Å². The van der Waals surface area contributed by atoms with Gasteiger partial charge in [0.1, 0.15) is 0 Å². The minimum absolute atomic E-state index is 0.130. The fourth-order valence-corrected chi connectivity index (χ4v) is 2.96. The first-order chi connectivity index (χ1) is 12.3.